The van der Waals surface area contributed by atoms with Gasteiger partial charge in [0.25, 0.3) is 11.6 Å². The summed E-state index contributed by atoms with van der Waals surface area (Å²) < 4.78 is 5.03. The van der Waals surface area contributed by atoms with Gasteiger partial charge in [-0.1, -0.05) is 26.8 Å². The van der Waals surface area contributed by atoms with Gasteiger partial charge in [0, 0.05) is 5.41 Å². The van der Waals surface area contributed by atoms with Crippen molar-refractivity contribution < 1.29 is 19.2 Å². The van der Waals surface area contributed by atoms with E-state index in [9.17, 15) is 19.7 Å². The standard InChI is InChI=1S/C17H21BrN2O5/c1-16(2,3)14(21)19-13(17(4,5)15(22)25-6)10-8-7-9-11(18)12(10)20(23)24/h7-9H,1-6H3/b19-13-. The summed E-state index contributed by atoms with van der Waals surface area (Å²) >= 11 is 3.14. The first-order valence-corrected chi connectivity index (χ1v) is 8.28. The minimum absolute atomic E-state index is 0.00715. The number of halogens is 1. The molecule has 136 valence electrons. The summed E-state index contributed by atoms with van der Waals surface area (Å²) in [6, 6.07) is 4.55. The van der Waals surface area contributed by atoms with Crippen LogP contribution in [-0.4, -0.2) is 29.6 Å². The second kappa shape index (κ2) is 7.43. The lowest BCUT2D eigenvalue weighted by Gasteiger charge is -2.25. The molecule has 0 aromatic heterocycles. The number of hydrogen-bond acceptors (Lipinski definition) is 5. The molecule has 0 aliphatic heterocycles. The highest BCUT2D eigenvalue weighted by atomic mass is 79.9. The molecule has 0 spiro atoms. The number of methoxy groups -OCH3 is 1. The number of hydrogen-bond donors (Lipinski definition) is 0. The third kappa shape index (κ3) is 4.50. The zero-order valence-electron chi connectivity index (χ0n) is 15.0. The molecule has 0 unspecified atom stereocenters. The molecule has 0 atom stereocenters. The highest BCUT2D eigenvalue weighted by Gasteiger charge is 2.40. The Morgan fingerprint density at radius 1 is 1.20 bits per heavy atom. The Balaban J connectivity index is 3.80. The Kier molecular flexibility index (Phi) is 6.23. The van der Waals surface area contributed by atoms with E-state index in [4.69, 9.17) is 4.74 Å². The van der Waals surface area contributed by atoms with Crippen molar-refractivity contribution in [2.75, 3.05) is 7.11 Å². The van der Waals surface area contributed by atoms with E-state index < -0.39 is 27.6 Å². The molecule has 1 aromatic rings. The number of carbonyl (C=O) groups is 2. The van der Waals surface area contributed by atoms with E-state index in [-0.39, 0.29) is 21.4 Å². The van der Waals surface area contributed by atoms with Gasteiger partial charge >= 0.3 is 5.97 Å². The lowest BCUT2D eigenvalue weighted by Crippen LogP contribution is -2.37. The number of nitro benzene ring substituents is 1. The van der Waals surface area contributed by atoms with Crippen molar-refractivity contribution in [2.24, 2.45) is 15.8 Å². The monoisotopic (exact) mass is 412 g/mol. The molecule has 1 amide bonds. The van der Waals surface area contributed by atoms with E-state index in [0.717, 1.165) is 0 Å². The fourth-order valence-electron chi connectivity index (χ4n) is 2.05. The van der Waals surface area contributed by atoms with Gasteiger partial charge in [0.15, 0.2) is 0 Å². The number of rotatable bonds is 4. The van der Waals surface area contributed by atoms with E-state index in [1.54, 1.807) is 26.8 Å². The SMILES string of the molecule is COC(=O)C(C)(C)/C(=N\C(=O)C(C)(C)C)c1cccc(Br)c1[N+](=O)[O-]. The average molecular weight is 413 g/mol. The van der Waals surface area contributed by atoms with Crippen LogP contribution >= 0.6 is 15.9 Å². The minimum Gasteiger partial charge on any atom is -0.468 e. The van der Waals surface area contributed by atoms with Crippen LogP contribution in [0.2, 0.25) is 0 Å². The summed E-state index contributed by atoms with van der Waals surface area (Å²) in [7, 11) is 1.21. The molecule has 1 aromatic carbocycles. The first-order valence-electron chi connectivity index (χ1n) is 7.49. The molecule has 7 nitrogen and oxygen atoms in total. The van der Waals surface area contributed by atoms with Crippen LogP contribution in [0.15, 0.2) is 27.7 Å². The van der Waals surface area contributed by atoms with Gasteiger partial charge in [0.2, 0.25) is 0 Å². The van der Waals surface area contributed by atoms with Gasteiger partial charge in [-0.15, -0.1) is 0 Å². The van der Waals surface area contributed by atoms with Crippen LogP contribution in [0.1, 0.15) is 40.2 Å². The lowest BCUT2D eigenvalue weighted by atomic mass is 9.82. The van der Waals surface area contributed by atoms with Crippen LogP contribution in [0, 0.1) is 20.9 Å². The Hall–Kier alpha value is -2.09. The van der Waals surface area contributed by atoms with Gasteiger partial charge in [-0.3, -0.25) is 19.7 Å². The van der Waals surface area contributed by atoms with E-state index in [2.05, 4.69) is 20.9 Å². The van der Waals surface area contributed by atoms with E-state index in [0.29, 0.717) is 0 Å². The molecule has 0 radical (unpaired) electrons. The third-order valence-corrected chi connectivity index (χ3v) is 4.21. The molecular weight excluding hydrogens is 392 g/mol. The van der Waals surface area contributed by atoms with Crippen LogP contribution in [0.25, 0.3) is 0 Å². The Morgan fingerprint density at radius 3 is 2.20 bits per heavy atom. The highest BCUT2D eigenvalue weighted by molar-refractivity contribution is 9.10. The van der Waals surface area contributed by atoms with Crippen molar-refractivity contribution in [3.63, 3.8) is 0 Å². The fourth-order valence-corrected chi connectivity index (χ4v) is 2.56. The molecular formula is C17H21BrN2O5. The maximum atomic E-state index is 12.5. The largest absolute Gasteiger partial charge is 0.468 e. The van der Waals surface area contributed by atoms with Gasteiger partial charge in [-0.2, -0.15) is 0 Å². The smallest absolute Gasteiger partial charge is 0.317 e. The molecule has 8 heteroatoms. The second-order valence-electron chi connectivity index (χ2n) is 7.03. The maximum absolute atomic E-state index is 12.5. The first-order chi connectivity index (χ1) is 11.3. The average Bonchev–Trinajstić information content (AvgIpc) is 2.49. The summed E-state index contributed by atoms with van der Waals surface area (Å²) in [5.74, 6) is -1.14. The summed E-state index contributed by atoms with van der Waals surface area (Å²) in [6.07, 6.45) is 0. The van der Waals surface area contributed by atoms with Gasteiger partial charge in [0.1, 0.15) is 5.41 Å². The zero-order valence-corrected chi connectivity index (χ0v) is 16.6. The van der Waals surface area contributed by atoms with Crippen molar-refractivity contribution in [2.45, 2.75) is 34.6 Å². The van der Waals surface area contributed by atoms with Crippen molar-refractivity contribution in [1.82, 2.24) is 0 Å². The Bertz CT molecular complexity index is 748. The van der Waals surface area contributed by atoms with Gasteiger partial charge in [-0.25, -0.2) is 4.99 Å². The van der Waals surface area contributed by atoms with Crippen molar-refractivity contribution in [1.29, 1.82) is 0 Å². The van der Waals surface area contributed by atoms with Gasteiger partial charge in [-0.05, 0) is 41.9 Å². The number of carbonyl (C=O) groups excluding carboxylic acids is 2. The van der Waals surface area contributed by atoms with Crippen LogP contribution in [0.5, 0.6) is 0 Å². The topological polar surface area (TPSA) is 98.9 Å². The van der Waals surface area contributed by atoms with E-state index in [1.807, 2.05) is 0 Å². The normalized spacial score (nSPS) is 12.7. The number of amides is 1. The predicted octanol–water partition coefficient (Wildman–Crippen LogP) is 3.92. The van der Waals surface area contributed by atoms with Crippen LogP contribution < -0.4 is 0 Å². The predicted molar refractivity (Wildman–Crippen MR) is 97.6 cm³/mol. The molecule has 25 heavy (non-hydrogen) atoms. The molecule has 0 fully saturated rings. The number of ether oxygens (including phenoxy) is 1. The number of benzene rings is 1. The highest BCUT2D eigenvalue weighted by Crippen LogP contribution is 2.35. The lowest BCUT2D eigenvalue weighted by molar-refractivity contribution is -0.385. The molecule has 0 bridgehead atoms. The molecule has 0 N–H and O–H groups in total. The Labute approximate surface area is 154 Å². The first kappa shape index (κ1) is 21.0. The Morgan fingerprint density at radius 2 is 1.76 bits per heavy atom. The molecule has 1 rings (SSSR count). The maximum Gasteiger partial charge on any atom is 0.317 e. The summed E-state index contributed by atoms with van der Waals surface area (Å²) in [5.41, 5.74) is -2.35. The number of aliphatic imine (C=N–C) groups is 1. The van der Waals surface area contributed by atoms with E-state index in [1.165, 1.54) is 33.1 Å². The number of nitrogens with zero attached hydrogens (tertiary/aromatic N) is 2. The zero-order chi connectivity index (χ0) is 19.6. The van der Waals surface area contributed by atoms with Crippen LogP contribution in [0.3, 0.4) is 0 Å². The summed E-state index contributed by atoms with van der Waals surface area (Å²) in [4.78, 5) is 39.7. The van der Waals surface area contributed by atoms with Gasteiger partial charge < -0.3 is 4.74 Å². The molecule has 0 saturated carbocycles. The van der Waals surface area contributed by atoms with Crippen LogP contribution in [0.4, 0.5) is 5.69 Å². The fraction of sp³-hybridized carbons (Fsp3) is 0.471. The van der Waals surface area contributed by atoms with Gasteiger partial charge in [0.05, 0.1) is 27.8 Å². The molecule has 0 heterocycles. The minimum atomic E-state index is -1.36. The van der Waals surface area contributed by atoms with Crippen LogP contribution in [-0.2, 0) is 14.3 Å². The van der Waals surface area contributed by atoms with Crippen molar-refractivity contribution in [3.05, 3.63) is 38.3 Å². The molecule has 0 aliphatic rings. The second-order valence-corrected chi connectivity index (χ2v) is 7.88. The number of esters is 1. The summed E-state index contributed by atoms with van der Waals surface area (Å²) in [5, 5.41) is 11.5. The molecule has 0 saturated heterocycles. The van der Waals surface area contributed by atoms with Crippen molar-refractivity contribution in [3.8, 4) is 0 Å². The molecule has 0 aliphatic carbocycles. The number of para-hydroxylation sites is 1. The van der Waals surface area contributed by atoms with Crippen molar-refractivity contribution >= 4 is 39.2 Å². The third-order valence-electron chi connectivity index (χ3n) is 3.57. The number of nitro groups is 1. The van der Waals surface area contributed by atoms with E-state index >= 15 is 0 Å². The quantitative estimate of drug-likeness (QED) is 0.323. The summed E-state index contributed by atoms with van der Waals surface area (Å²) in [6.45, 7) is 8.06.